The van der Waals surface area contributed by atoms with Crippen LogP contribution in [0.3, 0.4) is 0 Å². The smallest absolute Gasteiger partial charge is 0.309 e. The highest BCUT2D eigenvalue weighted by Gasteiger charge is 2.23. The van der Waals surface area contributed by atoms with E-state index in [9.17, 15) is 14.9 Å². The minimum atomic E-state index is -0.982. The number of carbonyl (C=O) groups excluding carboxylic acids is 2. The maximum atomic E-state index is 11.7. The first-order valence-electron chi connectivity index (χ1n) is 8.37. The Morgan fingerprint density at radius 3 is 2.85 bits per heavy atom. The molecule has 1 aliphatic carbocycles. The van der Waals surface area contributed by atoms with Gasteiger partial charge in [0.25, 0.3) is 5.09 Å². The second kappa shape index (κ2) is 8.98. The van der Waals surface area contributed by atoms with Gasteiger partial charge in [0.2, 0.25) is 6.79 Å². The summed E-state index contributed by atoms with van der Waals surface area (Å²) < 4.78 is 6.89. The largest absolute Gasteiger partial charge is 0.438 e. The predicted octanol–water partition coefficient (Wildman–Crippen LogP) is 2.68. The topological polar surface area (TPSA) is 101 Å². The maximum Gasteiger partial charge on any atom is 0.309 e. The minimum Gasteiger partial charge on any atom is -0.438 e. The number of carbonyl (C=O) groups is 2. The third-order valence-electron chi connectivity index (χ3n) is 4.54. The average Bonchev–Trinajstić information content (AvgIpc) is 2.94. The number of benzene rings is 1. The van der Waals surface area contributed by atoms with Crippen LogP contribution in [0.4, 0.5) is 0 Å². The van der Waals surface area contributed by atoms with Gasteiger partial charge in [-0.2, -0.15) is 0 Å². The zero-order valence-electron chi connectivity index (χ0n) is 14.7. The second-order valence-corrected chi connectivity index (χ2v) is 6.18. The number of ether oxygens (including phenoxy) is 1. The molecule has 0 spiro atoms. The zero-order valence-corrected chi connectivity index (χ0v) is 14.7. The van der Waals surface area contributed by atoms with E-state index in [0.717, 1.165) is 24.8 Å². The fourth-order valence-electron chi connectivity index (χ4n) is 3.44. The number of fused-ring (bicyclic) bond motifs is 3. The first kappa shape index (κ1) is 19.4. The molecule has 0 fully saturated rings. The molecule has 0 unspecified atom stereocenters. The van der Waals surface area contributed by atoms with Crippen molar-refractivity contribution in [2.75, 3.05) is 6.79 Å². The summed E-state index contributed by atoms with van der Waals surface area (Å²) in [5.41, 5.74) is 3.81. The normalized spacial score (nSPS) is 15.5. The van der Waals surface area contributed by atoms with Crippen molar-refractivity contribution >= 4 is 23.7 Å². The van der Waals surface area contributed by atoms with Gasteiger partial charge in [-0.3, -0.25) is 9.63 Å². The Morgan fingerprint density at radius 1 is 1.38 bits per heavy atom. The van der Waals surface area contributed by atoms with Crippen molar-refractivity contribution < 1.29 is 24.3 Å². The molecule has 1 aromatic carbocycles. The van der Waals surface area contributed by atoms with E-state index in [1.54, 1.807) is 0 Å². The molecule has 1 aliphatic rings. The molecule has 2 aromatic rings. The quantitative estimate of drug-likeness (QED) is 0.339. The number of hydrogen-bond acceptors (Lipinski definition) is 6. The van der Waals surface area contributed by atoms with Gasteiger partial charge < -0.3 is 14.1 Å². The Labute approximate surface area is 150 Å². The summed E-state index contributed by atoms with van der Waals surface area (Å²) >= 11 is 0. The minimum absolute atomic E-state index is 0.155. The van der Waals surface area contributed by atoms with E-state index < -0.39 is 17.8 Å². The standard InChI is InChI=1S/C17H20N2O5.CH2O/c1-12-6-7-16-14(10-12)13-4-2-3-5-15(13)18(16)9-8-17(20)23-11-24-19(21)22;1-2/h2-5,12H,6-11H2,1H3;1H2/t12-;/m1./s1. The van der Waals surface area contributed by atoms with Gasteiger partial charge in [0.15, 0.2) is 0 Å². The number of nitrogens with zero attached hydrogens (tertiary/aromatic N) is 2. The fraction of sp³-hybridized carbons (Fsp3) is 0.444. The summed E-state index contributed by atoms with van der Waals surface area (Å²) in [7, 11) is 0. The van der Waals surface area contributed by atoms with Crippen molar-refractivity contribution in [2.45, 2.75) is 39.2 Å². The lowest BCUT2D eigenvalue weighted by Crippen LogP contribution is -2.17. The van der Waals surface area contributed by atoms with Crippen molar-refractivity contribution in [1.29, 1.82) is 0 Å². The Bertz CT molecular complexity index is 785. The molecule has 140 valence electrons. The van der Waals surface area contributed by atoms with E-state index in [1.807, 2.05) is 18.9 Å². The Hall–Kier alpha value is -2.90. The first-order chi connectivity index (χ1) is 12.6. The lowest BCUT2D eigenvalue weighted by Gasteiger charge is -2.20. The van der Waals surface area contributed by atoms with Crippen molar-refractivity contribution in [1.82, 2.24) is 4.57 Å². The SMILES string of the molecule is C=O.C[C@@H]1CCc2c(c3ccccc3n2CCC(=O)OCO[N+](=O)[O-])C1. The highest BCUT2D eigenvalue weighted by Crippen LogP contribution is 2.34. The molecule has 0 bridgehead atoms. The molecular weight excluding hydrogens is 340 g/mol. The van der Waals surface area contributed by atoms with Crippen molar-refractivity contribution in [2.24, 2.45) is 5.92 Å². The predicted molar refractivity (Wildman–Crippen MR) is 93.9 cm³/mol. The summed E-state index contributed by atoms with van der Waals surface area (Å²) in [6.07, 6.45) is 3.36. The maximum absolute atomic E-state index is 11.7. The number of rotatable bonds is 6. The first-order valence-corrected chi connectivity index (χ1v) is 8.37. The van der Waals surface area contributed by atoms with Crippen LogP contribution in [0, 0.1) is 16.0 Å². The molecule has 0 N–H and O–H groups in total. The van der Waals surface area contributed by atoms with E-state index in [2.05, 4.69) is 28.5 Å². The number of aromatic nitrogens is 1. The number of para-hydroxylation sites is 1. The highest BCUT2D eigenvalue weighted by atomic mass is 17.0. The van der Waals surface area contributed by atoms with Gasteiger partial charge in [0.05, 0.1) is 6.42 Å². The van der Waals surface area contributed by atoms with E-state index in [0.29, 0.717) is 12.5 Å². The number of hydrogen-bond donors (Lipinski definition) is 0. The molecule has 1 atom stereocenters. The third kappa shape index (κ3) is 4.38. The Morgan fingerprint density at radius 2 is 2.12 bits per heavy atom. The molecule has 0 saturated heterocycles. The second-order valence-electron chi connectivity index (χ2n) is 6.18. The molecule has 8 heteroatoms. The van der Waals surface area contributed by atoms with Gasteiger partial charge in [0.1, 0.15) is 6.79 Å². The van der Waals surface area contributed by atoms with Crippen LogP contribution >= 0.6 is 0 Å². The summed E-state index contributed by atoms with van der Waals surface area (Å²) in [4.78, 5) is 33.8. The molecule has 0 radical (unpaired) electrons. The van der Waals surface area contributed by atoms with Crippen LogP contribution in [-0.4, -0.2) is 29.2 Å². The third-order valence-corrected chi connectivity index (χ3v) is 4.54. The lowest BCUT2D eigenvalue weighted by molar-refractivity contribution is -0.765. The number of aryl methyl sites for hydroxylation is 1. The van der Waals surface area contributed by atoms with Gasteiger partial charge in [-0.05, 0) is 36.8 Å². The molecule has 1 aromatic heterocycles. The van der Waals surface area contributed by atoms with E-state index in [-0.39, 0.29) is 6.42 Å². The Balaban J connectivity index is 0.00000117. The van der Waals surface area contributed by atoms with Crippen LogP contribution in [0.2, 0.25) is 0 Å². The molecule has 8 nitrogen and oxygen atoms in total. The van der Waals surface area contributed by atoms with Crippen LogP contribution in [0.15, 0.2) is 24.3 Å². The zero-order chi connectivity index (χ0) is 19.1. The van der Waals surface area contributed by atoms with Crippen molar-refractivity contribution in [3.05, 3.63) is 45.6 Å². The van der Waals surface area contributed by atoms with Crippen LogP contribution < -0.4 is 0 Å². The molecule has 0 amide bonds. The van der Waals surface area contributed by atoms with E-state index >= 15 is 0 Å². The van der Waals surface area contributed by atoms with Crippen molar-refractivity contribution in [3.63, 3.8) is 0 Å². The van der Waals surface area contributed by atoms with Crippen LogP contribution in [0.25, 0.3) is 10.9 Å². The number of esters is 1. The van der Waals surface area contributed by atoms with Gasteiger partial charge in [-0.1, -0.05) is 25.1 Å². The van der Waals surface area contributed by atoms with Gasteiger partial charge >= 0.3 is 5.97 Å². The lowest BCUT2D eigenvalue weighted by atomic mass is 9.88. The summed E-state index contributed by atoms with van der Waals surface area (Å²) in [6, 6.07) is 8.23. The molecule has 0 saturated carbocycles. The van der Waals surface area contributed by atoms with Crippen LogP contribution in [0.5, 0.6) is 0 Å². The molecular formula is C18H22N2O6. The van der Waals surface area contributed by atoms with E-state index in [4.69, 9.17) is 9.53 Å². The van der Waals surface area contributed by atoms with E-state index in [1.165, 1.54) is 16.6 Å². The monoisotopic (exact) mass is 362 g/mol. The van der Waals surface area contributed by atoms with Crippen molar-refractivity contribution in [3.8, 4) is 0 Å². The summed E-state index contributed by atoms with van der Waals surface area (Å²) in [5, 5.41) is 10.3. The van der Waals surface area contributed by atoms with Crippen LogP contribution in [-0.2, 0) is 38.5 Å². The summed E-state index contributed by atoms with van der Waals surface area (Å²) in [6.45, 7) is 4.11. The average molecular weight is 362 g/mol. The highest BCUT2D eigenvalue weighted by molar-refractivity contribution is 5.86. The molecule has 0 aliphatic heterocycles. The fourth-order valence-corrected chi connectivity index (χ4v) is 3.44. The van der Waals surface area contributed by atoms with Gasteiger partial charge in [0, 0.05) is 23.1 Å². The van der Waals surface area contributed by atoms with Gasteiger partial charge in [-0.15, -0.1) is 10.1 Å². The molecule has 1 heterocycles. The molecule has 3 rings (SSSR count). The Kier molecular flexibility index (Phi) is 6.71. The van der Waals surface area contributed by atoms with Crippen LogP contribution in [0.1, 0.15) is 31.0 Å². The van der Waals surface area contributed by atoms with Gasteiger partial charge in [-0.25, -0.2) is 0 Å². The summed E-state index contributed by atoms with van der Waals surface area (Å²) in [5.74, 6) is 0.161. The molecule has 26 heavy (non-hydrogen) atoms.